The molecule has 0 aliphatic rings. The van der Waals surface area contributed by atoms with Gasteiger partial charge >= 0.3 is 0 Å². The fraction of sp³-hybridized carbons (Fsp3) is 0.105. The molecule has 3 N–H and O–H groups in total. The standard InChI is InChI=1S/C19H18N2O/c1-11(2)15-10-19(20)21-17-6-4-14(9-16(15)17)13-5-7-18(22)12(3)8-13/h4-10,22H,1H2,2-3H3,(H2,20,21). The monoisotopic (exact) mass is 290 g/mol. The smallest absolute Gasteiger partial charge is 0.124 e. The molecule has 2 aromatic carbocycles. The molecule has 0 radical (unpaired) electrons. The van der Waals surface area contributed by atoms with Gasteiger partial charge in [-0.15, -0.1) is 0 Å². The number of aryl methyl sites for hydroxylation is 1. The van der Waals surface area contributed by atoms with E-state index in [9.17, 15) is 5.11 Å². The number of phenols is 1. The maximum absolute atomic E-state index is 9.67. The fourth-order valence-electron chi connectivity index (χ4n) is 2.61. The summed E-state index contributed by atoms with van der Waals surface area (Å²) < 4.78 is 0. The lowest BCUT2D eigenvalue weighted by Crippen LogP contribution is -1.94. The number of fused-ring (bicyclic) bond motifs is 1. The molecular weight excluding hydrogens is 272 g/mol. The third-order valence-corrected chi connectivity index (χ3v) is 3.82. The van der Waals surface area contributed by atoms with E-state index in [0.29, 0.717) is 11.6 Å². The van der Waals surface area contributed by atoms with Crippen LogP contribution in [-0.4, -0.2) is 10.1 Å². The molecule has 3 nitrogen and oxygen atoms in total. The highest BCUT2D eigenvalue weighted by Crippen LogP contribution is 2.31. The topological polar surface area (TPSA) is 59.1 Å². The average Bonchev–Trinajstić information content (AvgIpc) is 2.48. The van der Waals surface area contributed by atoms with Crippen LogP contribution in [0.1, 0.15) is 18.1 Å². The summed E-state index contributed by atoms with van der Waals surface area (Å²) in [5.74, 6) is 0.806. The SMILES string of the molecule is C=C(C)c1cc(N)nc2ccc(-c3ccc(O)c(C)c3)cc12. The molecule has 0 fully saturated rings. The van der Waals surface area contributed by atoms with Gasteiger partial charge in [0, 0.05) is 5.39 Å². The second-order valence-corrected chi connectivity index (χ2v) is 5.61. The third kappa shape index (κ3) is 2.42. The Bertz CT molecular complexity index is 897. The van der Waals surface area contributed by atoms with Crippen molar-refractivity contribution in [1.29, 1.82) is 0 Å². The molecular formula is C19H18N2O. The fourth-order valence-corrected chi connectivity index (χ4v) is 2.61. The lowest BCUT2D eigenvalue weighted by molar-refractivity contribution is 0.471. The zero-order valence-electron chi connectivity index (χ0n) is 12.7. The summed E-state index contributed by atoms with van der Waals surface area (Å²) in [5.41, 5.74) is 11.7. The number of rotatable bonds is 2. The van der Waals surface area contributed by atoms with Gasteiger partial charge in [0.05, 0.1) is 5.52 Å². The number of hydrogen-bond donors (Lipinski definition) is 2. The predicted molar refractivity (Wildman–Crippen MR) is 92.7 cm³/mol. The predicted octanol–water partition coefficient (Wildman–Crippen LogP) is 4.53. The Hall–Kier alpha value is -2.81. The molecule has 3 rings (SSSR count). The highest BCUT2D eigenvalue weighted by molar-refractivity contribution is 5.95. The molecule has 3 aromatic rings. The molecule has 3 heteroatoms. The first kappa shape index (κ1) is 14.1. The van der Waals surface area contributed by atoms with Crippen molar-refractivity contribution in [3.05, 3.63) is 60.2 Å². The van der Waals surface area contributed by atoms with Gasteiger partial charge in [-0.2, -0.15) is 0 Å². The Morgan fingerprint density at radius 2 is 1.77 bits per heavy atom. The Balaban J connectivity index is 2.24. The quantitative estimate of drug-likeness (QED) is 0.729. The van der Waals surface area contributed by atoms with E-state index in [2.05, 4.69) is 17.6 Å². The molecule has 0 bridgehead atoms. The summed E-state index contributed by atoms with van der Waals surface area (Å²) in [6, 6.07) is 13.5. The van der Waals surface area contributed by atoms with Crippen LogP contribution in [0.5, 0.6) is 5.75 Å². The van der Waals surface area contributed by atoms with Gasteiger partial charge in [0.15, 0.2) is 0 Å². The molecule has 0 saturated carbocycles. The first-order chi connectivity index (χ1) is 10.5. The molecule has 0 saturated heterocycles. The first-order valence-electron chi connectivity index (χ1n) is 7.12. The van der Waals surface area contributed by atoms with Crippen molar-refractivity contribution < 1.29 is 5.11 Å². The Labute approximate surface area is 129 Å². The Morgan fingerprint density at radius 3 is 2.45 bits per heavy atom. The number of pyridine rings is 1. The molecule has 0 aliphatic heterocycles. The molecule has 0 amide bonds. The van der Waals surface area contributed by atoms with Gasteiger partial charge in [-0.3, -0.25) is 0 Å². The minimum atomic E-state index is 0.307. The van der Waals surface area contributed by atoms with Crippen molar-refractivity contribution >= 4 is 22.3 Å². The average molecular weight is 290 g/mol. The summed E-state index contributed by atoms with van der Waals surface area (Å²) in [6.45, 7) is 7.88. The van der Waals surface area contributed by atoms with E-state index in [4.69, 9.17) is 5.73 Å². The number of aromatic nitrogens is 1. The van der Waals surface area contributed by atoms with Crippen LogP contribution in [0, 0.1) is 6.92 Å². The summed E-state index contributed by atoms with van der Waals surface area (Å²) in [4.78, 5) is 4.38. The molecule has 1 heterocycles. The number of phenolic OH excluding ortho intramolecular Hbond substituents is 1. The van der Waals surface area contributed by atoms with Crippen LogP contribution in [-0.2, 0) is 0 Å². The van der Waals surface area contributed by atoms with Crippen LogP contribution < -0.4 is 5.73 Å². The van der Waals surface area contributed by atoms with Crippen molar-refractivity contribution in [3.8, 4) is 16.9 Å². The molecule has 0 unspecified atom stereocenters. The second-order valence-electron chi connectivity index (χ2n) is 5.61. The minimum Gasteiger partial charge on any atom is -0.508 e. The lowest BCUT2D eigenvalue weighted by Gasteiger charge is -2.10. The number of anilines is 1. The van der Waals surface area contributed by atoms with Crippen LogP contribution in [0.4, 0.5) is 5.82 Å². The van der Waals surface area contributed by atoms with E-state index >= 15 is 0 Å². The van der Waals surface area contributed by atoms with Crippen LogP contribution in [0.15, 0.2) is 49.0 Å². The second kappa shape index (κ2) is 5.19. The van der Waals surface area contributed by atoms with Crippen molar-refractivity contribution in [2.45, 2.75) is 13.8 Å². The minimum absolute atomic E-state index is 0.307. The van der Waals surface area contributed by atoms with Crippen molar-refractivity contribution in [3.63, 3.8) is 0 Å². The molecule has 0 spiro atoms. The number of nitrogens with zero attached hydrogens (tertiary/aromatic N) is 1. The Kier molecular flexibility index (Phi) is 3.33. The molecule has 110 valence electrons. The third-order valence-electron chi connectivity index (χ3n) is 3.82. The summed E-state index contributed by atoms with van der Waals surface area (Å²) in [5, 5.41) is 10.7. The van der Waals surface area contributed by atoms with E-state index in [1.165, 1.54) is 0 Å². The van der Waals surface area contributed by atoms with Crippen LogP contribution in [0.3, 0.4) is 0 Å². The van der Waals surface area contributed by atoms with Gasteiger partial charge in [0.1, 0.15) is 11.6 Å². The zero-order chi connectivity index (χ0) is 15.9. The van der Waals surface area contributed by atoms with Gasteiger partial charge in [-0.25, -0.2) is 4.98 Å². The van der Waals surface area contributed by atoms with Crippen molar-refractivity contribution in [1.82, 2.24) is 4.98 Å². The largest absolute Gasteiger partial charge is 0.508 e. The summed E-state index contributed by atoms with van der Waals surface area (Å²) >= 11 is 0. The van der Waals surface area contributed by atoms with E-state index in [1.807, 2.05) is 44.2 Å². The number of aromatic hydroxyl groups is 1. The summed E-state index contributed by atoms with van der Waals surface area (Å²) in [7, 11) is 0. The lowest BCUT2D eigenvalue weighted by atomic mass is 9.97. The highest BCUT2D eigenvalue weighted by atomic mass is 16.3. The van der Waals surface area contributed by atoms with Crippen LogP contribution in [0.25, 0.3) is 27.6 Å². The normalized spacial score (nSPS) is 10.8. The molecule has 0 atom stereocenters. The van der Waals surface area contributed by atoms with Gasteiger partial charge < -0.3 is 10.8 Å². The van der Waals surface area contributed by atoms with Crippen LogP contribution >= 0.6 is 0 Å². The first-order valence-corrected chi connectivity index (χ1v) is 7.12. The maximum atomic E-state index is 9.67. The van der Waals surface area contributed by atoms with Gasteiger partial charge in [-0.05, 0) is 66.4 Å². The number of nitrogen functional groups attached to an aromatic ring is 1. The number of allylic oxidation sites excluding steroid dienone is 1. The molecule has 22 heavy (non-hydrogen) atoms. The van der Waals surface area contributed by atoms with Gasteiger partial charge in [0.2, 0.25) is 0 Å². The Morgan fingerprint density at radius 1 is 1.09 bits per heavy atom. The number of hydrogen-bond acceptors (Lipinski definition) is 3. The maximum Gasteiger partial charge on any atom is 0.124 e. The van der Waals surface area contributed by atoms with Gasteiger partial charge in [-0.1, -0.05) is 24.3 Å². The molecule has 1 aromatic heterocycles. The van der Waals surface area contributed by atoms with Crippen LogP contribution in [0.2, 0.25) is 0 Å². The van der Waals surface area contributed by atoms with E-state index < -0.39 is 0 Å². The van der Waals surface area contributed by atoms with E-state index in [1.54, 1.807) is 6.07 Å². The number of benzene rings is 2. The summed E-state index contributed by atoms with van der Waals surface area (Å²) in [6.07, 6.45) is 0. The highest BCUT2D eigenvalue weighted by Gasteiger charge is 2.08. The van der Waals surface area contributed by atoms with Crippen molar-refractivity contribution in [2.75, 3.05) is 5.73 Å². The molecule has 0 aliphatic carbocycles. The number of nitrogens with two attached hydrogens (primary N) is 1. The van der Waals surface area contributed by atoms with E-state index in [0.717, 1.165) is 38.7 Å². The van der Waals surface area contributed by atoms with E-state index in [-0.39, 0.29) is 0 Å². The van der Waals surface area contributed by atoms with Gasteiger partial charge in [0.25, 0.3) is 0 Å². The van der Waals surface area contributed by atoms with Crippen molar-refractivity contribution in [2.24, 2.45) is 0 Å². The zero-order valence-corrected chi connectivity index (χ0v) is 12.7.